The monoisotopic (exact) mass is 293 g/mol. The summed E-state index contributed by atoms with van der Waals surface area (Å²) in [6, 6.07) is 8.22. The molecule has 3 nitrogen and oxygen atoms in total. The summed E-state index contributed by atoms with van der Waals surface area (Å²) >= 11 is 3.54. The first kappa shape index (κ1) is 10.8. The van der Waals surface area contributed by atoms with Crippen molar-refractivity contribution in [1.29, 1.82) is 0 Å². The van der Waals surface area contributed by atoms with Gasteiger partial charge in [0.2, 0.25) is 0 Å². The Morgan fingerprint density at radius 2 is 2.29 bits per heavy atom. The average Bonchev–Trinajstić information content (AvgIpc) is 2.68. The third kappa shape index (κ3) is 1.67. The van der Waals surface area contributed by atoms with Crippen molar-refractivity contribution in [3.05, 3.63) is 34.4 Å². The Bertz CT molecular complexity index is 603. The molecule has 4 heteroatoms. The summed E-state index contributed by atoms with van der Waals surface area (Å²) in [7, 11) is 0. The van der Waals surface area contributed by atoms with E-state index < -0.39 is 5.97 Å². The van der Waals surface area contributed by atoms with Crippen LogP contribution in [-0.2, 0) is 17.8 Å². The molecule has 1 aliphatic rings. The van der Waals surface area contributed by atoms with E-state index >= 15 is 0 Å². The van der Waals surface area contributed by atoms with E-state index in [0.29, 0.717) is 6.54 Å². The molecule has 1 aromatic carbocycles. The van der Waals surface area contributed by atoms with E-state index in [1.165, 1.54) is 11.1 Å². The van der Waals surface area contributed by atoms with Crippen LogP contribution in [0.25, 0.3) is 10.9 Å². The Kier molecular flexibility index (Phi) is 2.47. The van der Waals surface area contributed by atoms with Gasteiger partial charge in [-0.05, 0) is 31.0 Å². The van der Waals surface area contributed by atoms with Gasteiger partial charge in [-0.2, -0.15) is 0 Å². The minimum Gasteiger partial charge on any atom is -0.481 e. The van der Waals surface area contributed by atoms with Gasteiger partial charge in [0, 0.05) is 27.6 Å². The molecule has 0 bridgehead atoms. The van der Waals surface area contributed by atoms with E-state index in [2.05, 4.69) is 26.6 Å². The van der Waals surface area contributed by atoms with Crippen LogP contribution in [0, 0.1) is 5.92 Å². The van der Waals surface area contributed by atoms with Crippen molar-refractivity contribution >= 4 is 32.8 Å². The molecule has 88 valence electrons. The van der Waals surface area contributed by atoms with Crippen molar-refractivity contribution in [2.45, 2.75) is 19.4 Å². The molecule has 17 heavy (non-hydrogen) atoms. The van der Waals surface area contributed by atoms with Crippen LogP contribution in [0.15, 0.2) is 28.7 Å². The topological polar surface area (TPSA) is 42.2 Å². The van der Waals surface area contributed by atoms with Gasteiger partial charge in [0.25, 0.3) is 0 Å². The summed E-state index contributed by atoms with van der Waals surface area (Å²) in [6.45, 7) is 0.588. The second-order valence-corrected chi connectivity index (χ2v) is 5.35. The number of hydrogen-bond acceptors (Lipinski definition) is 1. The van der Waals surface area contributed by atoms with E-state index in [-0.39, 0.29) is 5.92 Å². The van der Waals surface area contributed by atoms with Crippen LogP contribution >= 0.6 is 15.9 Å². The molecular formula is C13H12BrNO2. The van der Waals surface area contributed by atoms with Gasteiger partial charge in [-0.25, -0.2) is 0 Å². The Balaban J connectivity index is 2.15. The summed E-state index contributed by atoms with van der Waals surface area (Å²) in [6.07, 6.45) is 1.58. The fourth-order valence-electron chi connectivity index (χ4n) is 2.56. The quantitative estimate of drug-likeness (QED) is 0.878. The zero-order valence-corrected chi connectivity index (χ0v) is 10.8. The van der Waals surface area contributed by atoms with Crippen LogP contribution < -0.4 is 0 Å². The number of carboxylic acids is 1. The molecule has 0 saturated carbocycles. The molecule has 1 aliphatic heterocycles. The van der Waals surface area contributed by atoms with Crippen LogP contribution in [0.5, 0.6) is 0 Å². The normalized spacial score (nSPS) is 19.2. The fraction of sp³-hybridized carbons (Fsp3) is 0.308. The molecule has 1 atom stereocenters. The molecule has 1 unspecified atom stereocenters. The van der Waals surface area contributed by atoms with Gasteiger partial charge in [0.1, 0.15) is 0 Å². The van der Waals surface area contributed by atoms with E-state index in [4.69, 9.17) is 5.11 Å². The first-order chi connectivity index (χ1) is 8.16. The first-order valence-corrected chi connectivity index (χ1v) is 6.45. The van der Waals surface area contributed by atoms with Gasteiger partial charge in [0.05, 0.1) is 5.92 Å². The summed E-state index contributed by atoms with van der Waals surface area (Å²) < 4.78 is 3.21. The minimum atomic E-state index is -0.688. The second-order valence-electron chi connectivity index (χ2n) is 4.49. The smallest absolute Gasteiger partial charge is 0.308 e. The third-order valence-electron chi connectivity index (χ3n) is 3.48. The highest BCUT2D eigenvalue weighted by Crippen LogP contribution is 2.31. The molecule has 0 saturated heterocycles. The van der Waals surface area contributed by atoms with Crippen LogP contribution in [0.1, 0.15) is 12.1 Å². The first-order valence-electron chi connectivity index (χ1n) is 5.66. The predicted molar refractivity (Wildman–Crippen MR) is 69.1 cm³/mol. The molecule has 2 heterocycles. The van der Waals surface area contributed by atoms with Gasteiger partial charge in [-0.15, -0.1) is 0 Å². The number of aryl methyl sites for hydroxylation is 1. The lowest BCUT2D eigenvalue weighted by Gasteiger charge is -2.22. The number of aliphatic carboxylic acids is 1. The van der Waals surface area contributed by atoms with Gasteiger partial charge in [-0.3, -0.25) is 4.79 Å². The van der Waals surface area contributed by atoms with Crippen LogP contribution in [-0.4, -0.2) is 15.6 Å². The van der Waals surface area contributed by atoms with Gasteiger partial charge in [0.15, 0.2) is 0 Å². The summed E-state index contributed by atoms with van der Waals surface area (Å²) in [5, 5.41) is 10.3. The number of aromatic nitrogens is 1. The lowest BCUT2D eigenvalue weighted by atomic mass is 9.98. The summed E-state index contributed by atoms with van der Waals surface area (Å²) in [4.78, 5) is 11.1. The van der Waals surface area contributed by atoms with Crippen molar-refractivity contribution in [1.82, 2.24) is 4.57 Å². The molecular weight excluding hydrogens is 282 g/mol. The van der Waals surface area contributed by atoms with Crippen molar-refractivity contribution in [2.24, 2.45) is 5.92 Å². The number of halogens is 1. The van der Waals surface area contributed by atoms with Crippen LogP contribution in [0.2, 0.25) is 0 Å². The lowest BCUT2D eigenvalue weighted by molar-refractivity contribution is -0.142. The standard InChI is InChI=1S/C13H12BrNO2/c14-11-2-1-3-12-10(11)6-9-5-4-8(13(16)17)7-15(9)12/h1-3,6,8H,4-5,7H2,(H,16,17). The summed E-state index contributed by atoms with van der Waals surface area (Å²) in [5.41, 5.74) is 2.37. The van der Waals surface area contributed by atoms with Crippen LogP contribution in [0.4, 0.5) is 0 Å². The second kappa shape index (κ2) is 3.88. The maximum absolute atomic E-state index is 11.1. The fourth-order valence-corrected chi connectivity index (χ4v) is 3.03. The maximum Gasteiger partial charge on any atom is 0.308 e. The van der Waals surface area contributed by atoms with Crippen LogP contribution in [0.3, 0.4) is 0 Å². The number of hydrogen-bond donors (Lipinski definition) is 1. The van der Waals surface area contributed by atoms with Gasteiger partial charge in [-0.1, -0.05) is 22.0 Å². The largest absolute Gasteiger partial charge is 0.481 e. The number of carbonyl (C=O) groups is 1. The highest BCUT2D eigenvalue weighted by atomic mass is 79.9. The Hall–Kier alpha value is -1.29. The van der Waals surface area contributed by atoms with Crippen molar-refractivity contribution in [3.63, 3.8) is 0 Å². The number of fused-ring (bicyclic) bond motifs is 3. The molecule has 2 aromatic rings. The molecule has 0 spiro atoms. The van der Waals surface area contributed by atoms with E-state index in [1.807, 2.05) is 18.2 Å². The number of carboxylic acid groups (broad SMARTS) is 1. The molecule has 3 rings (SSSR count). The Morgan fingerprint density at radius 3 is 3.06 bits per heavy atom. The number of benzene rings is 1. The van der Waals surface area contributed by atoms with E-state index in [9.17, 15) is 4.79 Å². The van der Waals surface area contributed by atoms with Crippen molar-refractivity contribution in [3.8, 4) is 0 Å². The lowest BCUT2D eigenvalue weighted by Crippen LogP contribution is -2.26. The molecule has 0 aliphatic carbocycles. The van der Waals surface area contributed by atoms with E-state index in [1.54, 1.807) is 0 Å². The Labute approximate surface area is 107 Å². The SMILES string of the molecule is O=C(O)C1CCc2cc3c(Br)cccc3n2C1. The molecule has 0 radical (unpaired) electrons. The molecule has 0 fully saturated rings. The highest BCUT2D eigenvalue weighted by Gasteiger charge is 2.25. The number of rotatable bonds is 1. The average molecular weight is 294 g/mol. The Morgan fingerprint density at radius 1 is 1.47 bits per heavy atom. The summed E-state index contributed by atoms with van der Waals surface area (Å²) in [5.74, 6) is -0.940. The highest BCUT2D eigenvalue weighted by molar-refractivity contribution is 9.10. The maximum atomic E-state index is 11.1. The van der Waals surface area contributed by atoms with Gasteiger partial charge < -0.3 is 9.67 Å². The number of nitrogens with zero attached hydrogens (tertiary/aromatic N) is 1. The molecule has 0 amide bonds. The zero-order chi connectivity index (χ0) is 12.0. The zero-order valence-electron chi connectivity index (χ0n) is 9.19. The van der Waals surface area contributed by atoms with Crippen molar-refractivity contribution < 1.29 is 9.90 Å². The molecule has 1 aromatic heterocycles. The van der Waals surface area contributed by atoms with Gasteiger partial charge >= 0.3 is 5.97 Å². The predicted octanol–water partition coefficient (Wildman–Crippen LogP) is 3.05. The third-order valence-corrected chi connectivity index (χ3v) is 4.17. The van der Waals surface area contributed by atoms with Crippen molar-refractivity contribution in [2.75, 3.05) is 0 Å². The van der Waals surface area contributed by atoms with E-state index in [0.717, 1.165) is 22.8 Å². The molecule has 1 N–H and O–H groups in total. The minimum absolute atomic E-state index is 0.253.